The third kappa shape index (κ3) is 5.18. The normalized spacial score (nSPS) is 11.5. The summed E-state index contributed by atoms with van der Waals surface area (Å²) in [5.41, 5.74) is 0.750. The molecule has 0 spiro atoms. The van der Waals surface area contributed by atoms with Crippen molar-refractivity contribution in [3.8, 4) is 0 Å². The van der Waals surface area contributed by atoms with E-state index >= 15 is 0 Å². The molecule has 0 amide bonds. The first kappa shape index (κ1) is 11.9. The van der Waals surface area contributed by atoms with Gasteiger partial charge < -0.3 is 5.11 Å². The van der Waals surface area contributed by atoms with Crippen LogP contribution in [0.4, 0.5) is 0 Å². The molecule has 1 aliphatic carbocycles. The van der Waals surface area contributed by atoms with Crippen LogP contribution in [0, 0.1) is 0 Å². The maximum absolute atomic E-state index is 9.87. The van der Waals surface area contributed by atoms with Gasteiger partial charge in [0.1, 0.15) is 0 Å². The van der Waals surface area contributed by atoms with Gasteiger partial charge in [-0.1, -0.05) is 24.3 Å². The molecular formula is C11H10FeO-2. The third-order valence-corrected chi connectivity index (χ3v) is 1.38. The molecule has 0 radical (unpaired) electrons. The van der Waals surface area contributed by atoms with Gasteiger partial charge in [0, 0.05) is 17.1 Å². The topological polar surface area (TPSA) is 23.1 Å². The van der Waals surface area contributed by atoms with Crippen molar-refractivity contribution in [3.63, 3.8) is 0 Å². The Morgan fingerprint density at radius 3 is 1.85 bits per heavy atom. The van der Waals surface area contributed by atoms with E-state index in [1.807, 2.05) is 42.5 Å². The Balaban J connectivity index is 0.000000215. The molecule has 70 valence electrons. The molecule has 0 bridgehead atoms. The number of rotatable bonds is 0. The van der Waals surface area contributed by atoms with E-state index in [1.54, 1.807) is 12.2 Å². The quantitative estimate of drug-likeness (QED) is 0.366. The monoisotopic (exact) mass is 214 g/mol. The first-order valence-electron chi connectivity index (χ1n) is 3.77. The van der Waals surface area contributed by atoms with Crippen LogP contribution < -0.4 is 5.11 Å². The molecule has 13 heavy (non-hydrogen) atoms. The fraction of sp³-hybridized carbons (Fsp3) is 0. The second-order valence-corrected chi connectivity index (χ2v) is 2.30. The molecule has 0 N–H and O–H groups in total. The molecule has 0 saturated heterocycles. The summed E-state index contributed by atoms with van der Waals surface area (Å²) < 4.78 is 0. The van der Waals surface area contributed by atoms with Gasteiger partial charge in [0.25, 0.3) is 0 Å². The summed E-state index contributed by atoms with van der Waals surface area (Å²) in [7, 11) is 0. The Labute approximate surface area is 88.9 Å². The van der Waals surface area contributed by atoms with Crippen LogP contribution >= 0.6 is 0 Å². The number of hydrogen-bond donors (Lipinski definition) is 0. The second-order valence-electron chi connectivity index (χ2n) is 2.30. The molecule has 0 saturated carbocycles. The molecule has 0 aliphatic heterocycles. The van der Waals surface area contributed by atoms with Gasteiger partial charge in [-0.2, -0.15) is 18.2 Å². The van der Waals surface area contributed by atoms with E-state index in [1.165, 1.54) is 0 Å². The fourth-order valence-electron chi connectivity index (χ4n) is 0.788. The molecule has 0 aromatic heterocycles. The molecule has 0 fully saturated rings. The van der Waals surface area contributed by atoms with Crippen molar-refractivity contribution in [1.29, 1.82) is 0 Å². The van der Waals surface area contributed by atoms with Gasteiger partial charge in [-0.05, 0) is 5.57 Å². The van der Waals surface area contributed by atoms with Crippen LogP contribution in [0.5, 0.6) is 0 Å². The first-order valence-corrected chi connectivity index (χ1v) is 3.77. The van der Waals surface area contributed by atoms with Crippen LogP contribution in [-0.2, 0) is 17.1 Å². The summed E-state index contributed by atoms with van der Waals surface area (Å²) in [5, 5.41) is 9.87. The average molecular weight is 214 g/mol. The van der Waals surface area contributed by atoms with Crippen LogP contribution in [0.15, 0.2) is 66.5 Å². The van der Waals surface area contributed by atoms with E-state index in [2.05, 4.69) is 0 Å². The molecule has 0 atom stereocenters. The predicted molar refractivity (Wildman–Crippen MR) is 48.4 cm³/mol. The van der Waals surface area contributed by atoms with Crippen molar-refractivity contribution in [3.05, 3.63) is 66.5 Å². The van der Waals surface area contributed by atoms with Gasteiger partial charge in [-0.25, -0.2) is 12.1 Å². The third-order valence-electron chi connectivity index (χ3n) is 1.38. The van der Waals surface area contributed by atoms with E-state index in [4.69, 9.17) is 0 Å². The maximum Gasteiger partial charge on any atom is 0 e. The molecule has 1 nitrogen and oxygen atoms in total. The smallest absolute Gasteiger partial charge is 0 e. The Morgan fingerprint density at radius 1 is 1.08 bits per heavy atom. The van der Waals surface area contributed by atoms with Crippen LogP contribution in [-0.4, -0.2) is 0 Å². The summed E-state index contributed by atoms with van der Waals surface area (Å²) in [6.45, 7) is 0. The van der Waals surface area contributed by atoms with E-state index in [0.29, 0.717) is 0 Å². The van der Waals surface area contributed by atoms with Crippen molar-refractivity contribution in [1.82, 2.24) is 0 Å². The Morgan fingerprint density at radius 2 is 1.62 bits per heavy atom. The van der Waals surface area contributed by atoms with Crippen molar-refractivity contribution in [2.45, 2.75) is 0 Å². The summed E-state index contributed by atoms with van der Waals surface area (Å²) in [6, 6.07) is 10.0. The zero-order valence-electron chi connectivity index (χ0n) is 7.04. The first-order chi connectivity index (χ1) is 5.93. The number of allylic oxidation sites excluding steroid dienone is 5. The average Bonchev–Trinajstić information content (AvgIpc) is 2.81. The summed E-state index contributed by atoms with van der Waals surface area (Å²) in [4.78, 5) is 0. The van der Waals surface area contributed by atoms with Crippen LogP contribution in [0.2, 0.25) is 0 Å². The maximum atomic E-state index is 9.87. The fourth-order valence-corrected chi connectivity index (χ4v) is 0.788. The Bertz CT molecular complexity index is 250. The van der Waals surface area contributed by atoms with Gasteiger partial charge in [-0.3, -0.25) is 0 Å². The largest absolute Gasteiger partial charge is 0.877 e. The predicted octanol–water partition coefficient (Wildman–Crippen LogP) is 1.76. The molecular weight excluding hydrogens is 204 g/mol. The zero-order valence-corrected chi connectivity index (χ0v) is 8.14. The van der Waals surface area contributed by atoms with Crippen LogP contribution in [0.1, 0.15) is 0 Å². The minimum atomic E-state index is 0. The van der Waals surface area contributed by atoms with Crippen molar-refractivity contribution in [2.24, 2.45) is 0 Å². The van der Waals surface area contributed by atoms with E-state index in [-0.39, 0.29) is 17.1 Å². The van der Waals surface area contributed by atoms with E-state index < -0.39 is 0 Å². The molecule has 2 rings (SSSR count). The van der Waals surface area contributed by atoms with Gasteiger partial charge in [0.05, 0.1) is 0 Å². The summed E-state index contributed by atoms with van der Waals surface area (Å²) in [6.07, 6.45) is 8.05. The minimum Gasteiger partial charge on any atom is -0.877 e. The molecule has 1 aliphatic rings. The second kappa shape index (κ2) is 7.53. The van der Waals surface area contributed by atoms with Crippen molar-refractivity contribution < 1.29 is 22.2 Å². The van der Waals surface area contributed by atoms with Gasteiger partial charge in [-0.15, -0.1) is 6.26 Å². The molecule has 0 unspecified atom stereocenters. The summed E-state index contributed by atoms with van der Waals surface area (Å²) >= 11 is 0. The van der Waals surface area contributed by atoms with Gasteiger partial charge >= 0.3 is 0 Å². The van der Waals surface area contributed by atoms with E-state index in [0.717, 1.165) is 11.8 Å². The molecule has 0 heterocycles. The van der Waals surface area contributed by atoms with E-state index in [9.17, 15) is 5.11 Å². The van der Waals surface area contributed by atoms with Crippen LogP contribution in [0.25, 0.3) is 0 Å². The molecule has 1 aromatic rings. The SMILES string of the molecule is [Fe].[O-]C=C1C=CC=C1.c1cc[cH-]c1. The van der Waals surface area contributed by atoms with Crippen LogP contribution in [0.3, 0.4) is 0 Å². The Hall–Kier alpha value is -1.11. The molecule has 1 aromatic carbocycles. The zero-order chi connectivity index (χ0) is 8.65. The van der Waals surface area contributed by atoms with Crippen molar-refractivity contribution in [2.75, 3.05) is 0 Å². The van der Waals surface area contributed by atoms with Gasteiger partial charge in [0.15, 0.2) is 0 Å². The van der Waals surface area contributed by atoms with Gasteiger partial charge in [0.2, 0.25) is 0 Å². The number of hydrogen-bond acceptors (Lipinski definition) is 1. The summed E-state index contributed by atoms with van der Waals surface area (Å²) in [5.74, 6) is 0. The Kier molecular flexibility index (Phi) is 6.89. The molecule has 2 heteroatoms. The standard InChI is InChI=1S/C6H6O.C5H5.Fe/c7-5-6-3-1-2-4-6;1-2-4-5-3-1;/h1-5,7H;1-5H;/q;-1;/p-1. The van der Waals surface area contributed by atoms with Crippen molar-refractivity contribution >= 4 is 0 Å². The minimum absolute atomic E-state index is 0.